The summed E-state index contributed by atoms with van der Waals surface area (Å²) < 4.78 is 0. The van der Waals surface area contributed by atoms with Gasteiger partial charge in [0.1, 0.15) is 4.99 Å². The molecule has 1 rings (SSSR count). The Labute approximate surface area is 101 Å². The van der Waals surface area contributed by atoms with Gasteiger partial charge in [-0.1, -0.05) is 12.2 Å². The number of anilines is 1. The highest BCUT2D eigenvalue weighted by atomic mass is 32.1. The fraction of sp³-hybridized carbons (Fsp3) is 0.500. The van der Waals surface area contributed by atoms with Crippen LogP contribution in [0.3, 0.4) is 0 Å². The van der Waals surface area contributed by atoms with E-state index in [2.05, 4.69) is 27.3 Å². The molecule has 1 aromatic heterocycles. The zero-order chi connectivity index (χ0) is 12.1. The van der Waals surface area contributed by atoms with E-state index in [9.17, 15) is 0 Å². The summed E-state index contributed by atoms with van der Waals surface area (Å²) in [7, 11) is 4.05. The van der Waals surface area contributed by atoms with Gasteiger partial charge in [-0.15, -0.1) is 5.10 Å². The summed E-state index contributed by atoms with van der Waals surface area (Å²) in [4.78, 5) is 2.44. The molecule has 1 heterocycles. The second kappa shape index (κ2) is 5.72. The molecule has 88 valence electrons. The maximum Gasteiger partial charge on any atom is 0.158 e. The first kappa shape index (κ1) is 12.8. The summed E-state index contributed by atoms with van der Waals surface area (Å²) in [5.74, 6) is 0.642. The molecule has 0 spiro atoms. The number of nitrogens with one attached hydrogen (secondary N) is 1. The van der Waals surface area contributed by atoms with E-state index in [1.165, 1.54) is 0 Å². The van der Waals surface area contributed by atoms with Crippen molar-refractivity contribution in [1.82, 2.24) is 15.1 Å². The number of rotatable bonds is 5. The summed E-state index contributed by atoms with van der Waals surface area (Å²) >= 11 is 4.94. The number of thiocarbonyl (C=S) groups is 1. The van der Waals surface area contributed by atoms with E-state index in [0.29, 0.717) is 16.8 Å². The first-order valence-electron chi connectivity index (χ1n) is 5.04. The minimum absolute atomic E-state index is 0.329. The van der Waals surface area contributed by atoms with E-state index in [4.69, 9.17) is 18.0 Å². The van der Waals surface area contributed by atoms with Crippen LogP contribution < -0.4 is 11.1 Å². The Hall–Kier alpha value is -1.27. The number of hydrogen-bond acceptors (Lipinski definition) is 5. The lowest BCUT2D eigenvalue weighted by atomic mass is 10.2. The van der Waals surface area contributed by atoms with E-state index in [1.807, 2.05) is 14.1 Å². The molecule has 0 fully saturated rings. The molecule has 5 nitrogen and oxygen atoms in total. The molecule has 1 aromatic rings. The average Bonchev–Trinajstić information content (AvgIpc) is 2.25. The number of hydrogen-bond donors (Lipinski definition) is 2. The molecular formula is C10H17N5S. The summed E-state index contributed by atoms with van der Waals surface area (Å²) in [5, 5.41) is 11.0. The second-order valence-corrected chi connectivity index (χ2v) is 4.29. The minimum Gasteiger partial charge on any atom is -0.389 e. The number of likely N-dealkylation sites (N-methyl/N-ethyl adjacent to an activating group) is 1. The van der Waals surface area contributed by atoms with Crippen LogP contribution in [-0.4, -0.2) is 46.8 Å². The summed E-state index contributed by atoms with van der Waals surface area (Å²) in [6, 6.07) is 2.15. The van der Waals surface area contributed by atoms with Crippen molar-refractivity contribution < 1.29 is 0 Å². The van der Waals surface area contributed by atoms with Gasteiger partial charge in [-0.2, -0.15) is 5.10 Å². The van der Waals surface area contributed by atoms with Crippen LogP contribution in [0.1, 0.15) is 12.5 Å². The van der Waals surface area contributed by atoms with Crippen molar-refractivity contribution in [2.45, 2.75) is 13.0 Å². The Balaban J connectivity index is 2.70. The molecule has 6 heteroatoms. The van der Waals surface area contributed by atoms with Crippen LogP contribution in [0.4, 0.5) is 5.82 Å². The number of nitrogens with two attached hydrogens (primary N) is 1. The maximum absolute atomic E-state index is 5.59. The minimum atomic E-state index is 0.329. The van der Waals surface area contributed by atoms with Crippen molar-refractivity contribution in [2.24, 2.45) is 5.73 Å². The molecule has 0 saturated heterocycles. The smallest absolute Gasteiger partial charge is 0.158 e. The molecule has 3 N–H and O–H groups in total. The lowest BCUT2D eigenvalue weighted by molar-refractivity contribution is 0.326. The standard InChI is InChI=1S/C10H17N5S/c1-7(15(2)3)6-12-10-8(9(11)16)4-5-13-14-10/h4-5,7H,6H2,1-3H3,(H2,11,16)(H,12,14). The van der Waals surface area contributed by atoms with Gasteiger partial charge in [0, 0.05) is 12.6 Å². The van der Waals surface area contributed by atoms with Crippen LogP contribution in [0.15, 0.2) is 12.3 Å². The van der Waals surface area contributed by atoms with Gasteiger partial charge in [0.2, 0.25) is 0 Å². The molecule has 0 radical (unpaired) electrons. The highest BCUT2D eigenvalue weighted by Gasteiger charge is 2.09. The summed E-state index contributed by atoms with van der Waals surface area (Å²) in [6.07, 6.45) is 1.58. The highest BCUT2D eigenvalue weighted by Crippen LogP contribution is 2.09. The van der Waals surface area contributed by atoms with Gasteiger partial charge in [-0.05, 0) is 27.1 Å². The van der Waals surface area contributed by atoms with Gasteiger partial charge >= 0.3 is 0 Å². The quantitative estimate of drug-likeness (QED) is 0.728. The summed E-state index contributed by atoms with van der Waals surface area (Å²) in [5.41, 5.74) is 6.33. The third-order valence-electron chi connectivity index (χ3n) is 2.43. The number of aromatic nitrogens is 2. The predicted molar refractivity (Wildman–Crippen MR) is 69.6 cm³/mol. The van der Waals surface area contributed by atoms with Crippen LogP contribution in [-0.2, 0) is 0 Å². The number of nitrogens with zero attached hydrogens (tertiary/aromatic N) is 3. The van der Waals surface area contributed by atoms with Crippen molar-refractivity contribution in [3.63, 3.8) is 0 Å². The topological polar surface area (TPSA) is 67.1 Å². The van der Waals surface area contributed by atoms with E-state index in [0.717, 1.165) is 12.1 Å². The average molecular weight is 239 g/mol. The molecule has 16 heavy (non-hydrogen) atoms. The molecule has 0 aliphatic carbocycles. The molecule has 0 aliphatic rings. The van der Waals surface area contributed by atoms with E-state index in [1.54, 1.807) is 12.3 Å². The van der Waals surface area contributed by atoms with Crippen LogP contribution in [0, 0.1) is 0 Å². The van der Waals surface area contributed by atoms with E-state index < -0.39 is 0 Å². The lowest BCUT2D eigenvalue weighted by Gasteiger charge is -2.20. The van der Waals surface area contributed by atoms with E-state index in [-0.39, 0.29) is 0 Å². The van der Waals surface area contributed by atoms with Crippen LogP contribution >= 0.6 is 12.2 Å². The van der Waals surface area contributed by atoms with Crippen LogP contribution in [0.5, 0.6) is 0 Å². The third-order valence-corrected chi connectivity index (χ3v) is 2.65. The first-order chi connectivity index (χ1) is 7.52. The molecule has 0 aliphatic heterocycles. The molecule has 0 aromatic carbocycles. The van der Waals surface area contributed by atoms with Gasteiger partial charge in [-0.25, -0.2) is 0 Å². The predicted octanol–water partition coefficient (Wildman–Crippen LogP) is 0.473. The monoisotopic (exact) mass is 239 g/mol. The fourth-order valence-corrected chi connectivity index (χ4v) is 1.25. The molecule has 0 bridgehead atoms. The molecule has 1 atom stereocenters. The molecule has 0 saturated carbocycles. The van der Waals surface area contributed by atoms with E-state index >= 15 is 0 Å². The first-order valence-corrected chi connectivity index (χ1v) is 5.45. The molecule has 1 unspecified atom stereocenters. The lowest BCUT2D eigenvalue weighted by Crippen LogP contribution is -2.32. The second-order valence-electron chi connectivity index (χ2n) is 3.85. The van der Waals surface area contributed by atoms with Crippen molar-refractivity contribution in [1.29, 1.82) is 0 Å². The fourth-order valence-electron chi connectivity index (χ4n) is 1.09. The SMILES string of the molecule is CC(CNc1nnccc1C(N)=S)N(C)C. The van der Waals surface area contributed by atoms with Gasteiger partial charge in [0.15, 0.2) is 5.82 Å². The summed E-state index contributed by atoms with van der Waals surface area (Å²) in [6.45, 7) is 2.88. The maximum atomic E-state index is 5.59. The highest BCUT2D eigenvalue weighted by molar-refractivity contribution is 7.80. The van der Waals surface area contributed by atoms with Crippen molar-refractivity contribution in [3.8, 4) is 0 Å². The molecular weight excluding hydrogens is 222 g/mol. The van der Waals surface area contributed by atoms with Crippen molar-refractivity contribution >= 4 is 23.0 Å². The Morgan fingerprint density at radius 1 is 1.62 bits per heavy atom. The zero-order valence-corrected chi connectivity index (χ0v) is 10.6. The largest absolute Gasteiger partial charge is 0.389 e. The Morgan fingerprint density at radius 3 is 2.88 bits per heavy atom. The van der Waals surface area contributed by atoms with Gasteiger partial charge in [0.25, 0.3) is 0 Å². The third kappa shape index (κ3) is 3.39. The van der Waals surface area contributed by atoms with Crippen LogP contribution in [0.2, 0.25) is 0 Å². The van der Waals surface area contributed by atoms with Crippen molar-refractivity contribution in [2.75, 3.05) is 26.0 Å². The van der Waals surface area contributed by atoms with Crippen LogP contribution in [0.25, 0.3) is 0 Å². The normalized spacial score (nSPS) is 12.5. The van der Waals surface area contributed by atoms with Gasteiger partial charge in [-0.3, -0.25) is 0 Å². The Kier molecular flexibility index (Phi) is 4.57. The van der Waals surface area contributed by atoms with Gasteiger partial charge < -0.3 is 16.0 Å². The Morgan fingerprint density at radius 2 is 2.31 bits per heavy atom. The zero-order valence-electron chi connectivity index (χ0n) is 9.77. The van der Waals surface area contributed by atoms with Crippen molar-refractivity contribution in [3.05, 3.63) is 17.8 Å². The molecule has 0 amide bonds. The Bertz CT molecular complexity index is 366. The van der Waals surface area contributed by atoms with Gasteiger partial charge in [0.05, 0.1) is 11.8 Å².